The van der Waals surface area contributed by atoms with Gasteiger partial charge < -0.3 is 9.84 Å². The topological polar surface area (TPSA) is 32.7 Å². The molecular weight excluding hydrogens is 130 g/mol. The van der Waals surface area contributed by atoms with Crippen LogP contribution in [0.2, 0.25) is 0 Å². The van der Waals surface area contributed by atoms with E-state index in [2.05, 4.69) is 4.90 Å². The van der Waals surface area contributed by atoms with Gasteiger partial charge in [-0.05, 0) is 6.92 Å². The number of ether oxygens (including phenoxy) is 1. The molecule has 0 aliphatic carbocycles. The van der Waals surface area contributed by atoms with Crippen LogP contribution in [0.5, 0.6) is 0 Å². The maximum Gasteiger partial charge on any atom is 0.0639 e. The summed E-state index contributed by atoms with van der Waals surface area (Å²) >= 11 is 0. The molecule has 0 aromatic rings. The molecular formula is C7H15NO2. The molecule has 0 aromatic carbocycles. The van der Waals surface area contributed by atoms with Crippen molar-refractivity contribution in [3.05, 3.63) is 0 Å². The van der Waals surface area contributed by atoms with Gasteiger partial charge in [-0.3, -0.25) is 4.90 Å². The highest BCUT2D eigenvalue weighted by atomic mass is 16.5. The number of β-amino-alcohol motifs (C(OH)–C–C–N with tert-alkyl or cyclic N) is 1. The Labute approximate surface area is 61.6 Å². The van der Waals surface area contributed by atoms with Crippen LogP contribution in [0.3, 0.4) is 0 Å². The average molecular weight is 145 g/mol. The van der Waals surface area contributed by atoms with Crippen molar-refractivity contribution in [2.24, 2.45) is 0 Å². The molecule has 60 valence electrons. The van der Waals surface area contributed by atoms with Crippen molar-refractivity contribution in [1.82, 2.24) is 4.90 Å². The van der Waals surface area contributed by atoms with Gasteiger partial charge in [0.2, 0.25) is 0 Å². The van der Waals surface area contributed by atoms with Crippen molar-refractivity contribution in [2.75, 3.05) is 32.8 Å². The van der Waals surface area contributed by atoms with Gasteiger partial charge >= 0.3 is 0 Å². The van der Waals surface area contributed by atoms with Gasteiger partial charge in [0.1, 0.15) is 0 Å². The van der Waals surface area contributed by atoms with Crippen LogP contribution in [0.25, 0.3) is 0 Å². The largest absolute Gasteiger partial charge is 0.392 e. The minimum Gasteiger partial charge on any atom is -0.392 e. The van der Waals surface area contributed by atoms with Crippen LogP contribution in [0.4, 0.5) is 0 Å². The normalized spacial score (nSPS) is 24.6. The number of nitrogens with zero attached hydrogens (tertiary/aromatic N) is 1. The summed E-state index contributed by atoms with van der Waals surface area (Å²) in [6.07, 6.45) is -0.210. The molecule has 1 atom stereocenters. The minimum atomic E-state index is -0.210. The lowest BCUT2D eigenvalue weighted by Gasteiger charge is -2.27. The van der Waals surface area contributed by atoms with Crippen LogP contribution in [0, 0.1) is 0 Å². The second-order valence-corrected chi connectivity index (χ2v) is 2.76. The van der Waals surface area contributed by atoms with E-state index < -0.39 is 0 Å². The molecule has 0 amide bonds. The van der Waals surface area contributed by atoms with Crippen molar-refractivity contribution in [3.8, 4) is 0 Å². The van der Waals surface area contributed by atoms with E-state index in [4.69, 9.17) is 9.84 Å². The summed E-state index contributed by atoms with van der Waals surface area (Å²) in [5.41, 5.74) is 0. The molecule has 10 heavy (non-hydrogen) atoms. The Morgan fingerprint density at radius 2 is 2.10 bits per heavy atom. The van der Waals surface area contributed by atoms with Gasteiger partial charge in [-0.15, -0.1) is 0 Å². The second-order valence-electron chi connectivity index (χ2n) is 2.76. The molecule has 0 aromatic heterocycles. The van der Waals surface area contributed by atoms with Crippen LogP contribution < -0.4 is 0 Å². The van der Waals surface area contributed by atoms with E-state index in [1.165, 1.54) is 0 Å². The van der Waals surface area contributed by atoms with Crippen molar-refractivity contribution < 1.29 is 9.84 Å². The smallest absolute Gasteiger partial charge is 0.0639 e. The first-order valence-electron chi connectivity index (χ1n) is 3.77. The van der Waals surface area contributed by atoms with Gasteiger partial charge in [-0.1, -0.05) is 0 Å². The van der Waals surface area contributed by atoms with Crippen molar-refractivity contribution in [2.45, 2.75) is 13.0 Å². The van der Waals surface area contributed by atoms with E-state index >= 15 is 0 Å². The number of aliphatic hydroxyl groups excluding tert-OH is 1. The highest BCUT2D eigenvalue weighted by Gasteiger charge is 2.11. The number of morpholine rings is 1. The molecule has 1 fully saturated rings. The Balaban J connectivity index is 2.13. The van der Waals surface area contributed by atoms with Gasteiger partial charge in [0, 0.05) is 19.6 Å². The Kier molecular flexibility index (Phi) is 3.12. The van der Waals surface area contributed by atoms with Gasteiger partial charge in [0.15, 0.2) is 0 Å². The zero-order valence-electron chi connectivity index (χ0n) is 6.42. The summed E-state index contributed by atoms with van der Waals surface area (Å²) in [7, 11) is 0. The summed E-state index contributed by atoms with van der Waals surface area (Å²) in [5.74, 6) is 0. The fourth-order valence-electron chi connectivity index (χ4n) is 1.16. The van der Waals surface area contributed by atoms with E-state index in [1.807, 2.05) is 6.92 Å². The molecule has 1 N–H and O–H groups in total. The molecule has 1 aliphatic heterocycles. The monoisotopic (exact) mass is 145 g/mol. The predicted molar refractivity (Wildman–Crippen MR) is 38.9 cm³/mol. The third-order valence-electron chi connectivity index (χ3n) is 1.63. The molecule has 1 saturated heterocycles. The minimum absolute atomic E-state index is 0.210. The zero-order chi connectivity index (χ0) is 7.40. The van der Waals surface area contributed by atoms with Crippen molar-refractivity contribution in [3.63, 3.8) is 0 Å². The van der Waals surface area contributed by atoms with Gasteiger partial charge in [0.05, 0.1) is 19.3 Å². The summed E-state index contributed by atoms with van der Waals surface area (Å²) in [6.45, 7) is 6.15. The molecule has 1 aliphatic rings. The molecule has 0 bridgehead atoms. The number of hydrogen-bond donors (Lipinski definition) is 1. The molecule has 1 heterocycles. The van der Waals surface area contributed by atoms with E-state index in [-0.39, 0.29) is 6.10 Å². The first-order chi connectivity index (χ1) is 4.79. The predicted octanol–water partition coefficient (Wildman–Crippen LogP) is -0.301. The van der Waals surface area contributed by atoms with E-state index in [1.54, 1.807) is 0 Å². The first kappa shape index (κ1) is 7.98. The Morgan fingerprint density at radius 1 is 1.50 bits per heavy atom. The Hall–Kier alpha value is -0.120. The molecule has 1 rings (SSSR count). The standard InChI is InChI=1S/C7H15NO2/c1-7(9)6-8-2-4-10-5-3-8/h7,9H,2-6H2,1H3. The zero-order valence-corrected chi connectivity index (χ0v) is 6.42. The summed E-state index contributed by atoms with van der Waals surface area (Å²) in [4.78, 5) is 2.22. The van der Waals surface area contributed by atoms with Crippen LogP contribution in [0.1, 0.15) is 6.92 Å². The van der Waals surface area contributed by atoms with E-state index in [0.29, 0.717) is 0 Å². The second kappa shape index (κ2) is 3.91. The quantitative estimate of drug-likeness (QED) is 0.579. The lowest BCUT2D eigenvalue weighted by atomic mass is 10.3. The molecule has 0 saturated carbocycles. The molecule has 0 radical (unpaired) electrons. The maximum absolute atomic E-state index is 9.02. The average Bonchev–Trinajstić information content (AvgIpc) is 1.88. The fourth-order valence-corrected chi connectivity index (χ4v) is 1.16. The van der Waals surface area contributed by atoms with Crippen LogP contribution in [-0.4, -0.2) is 49.0 Å². The first-order valence-corrected chi connectivity index (χ1v) is 3.77. The summed E-state index contributed by atoms with van der Waals surface area (Å²) in [5, 5.41) is 9.02. The molecule has 3 heteroatoms. The van der Waals surface area contributed by atoms with Crippen molar-refractivity contribution >= 4 is 0 Å². The Bertz CT molecular complexity index is 89.6. The third-order valence-corrected chi connectivity index (χ3v) is 1.63. The van der Waals surface area contributed by atoms with Crippen molar-refractivity contribution in [1.29, 1.82) is 0 Å². The van der Waals surface area contributed by atoms with E-state index in [9.17, 15) is 0 Å². The van der Waals surface area contributed by atoms with Crippen LogP contribution in [0.15, 0.2) is 0 Å². The SMILES string of the molecule is CC(O)CN1CCOCC1. The highest BCUT2D eigenvalue weighted by molar-refractivity contribution is 4.63. The Morgan fingerprint density at radius 3 is 2.60 bits per heavy atom. The molecule has 1 unspecified atom stereocenters. The maximum atomic E-state index is 9.02. The van der Waals surface area contributed by atoms with Crippen LogP contribution >= 0.6 is 0 Å². The fraction of sp³-hybridized carbons (Fsp3) is 1.00. The van der Waals surface area contributed by atoms with E-state index in [0.717, 1.165) is 32.8 Å². The number of aliphatic hydroxyl groups is 1. The number of hydrogen-bond acceptors (Lipinski definition) is 3. The summed E-state index contributed by atoms with van der Waals surface area (Å²) in [6, 6.07) is 0. The lowest BCUT2D eigenvalue weighted by molar-refractivity contribution is 0.0181. The highest BCUT2D eigenvalue weighted by Crippen LogP contribution is 1.97. The lowest BCUT2D eigenvalue weighted by Crippen LogP contribution is -2.40. The molecule has 0 spiro atoms. The van der Waals surface area contributed by atoms with Gasteiger partial charge in [-0.2, -0.15) is 0 Å². The van der Waals surface area contributed by atoms with Gasteiger partial charge in [-0.25, -0.2) is 0 Å². The third kappa shape index (κ3) is 2.64. The number of rotatable bonds is 2. The summed E-state index contributed by atoms with van der Waals surface area (Å²) < 4.78 is 5.16. The van der Waals surface area contributed by atoms with Crippen LogP contribution in [-0.2, 0) is 4.74 Å². The van der Waals surface area contributed by atoms with Gasteiger partial charge in [0.25, 0.3) is 0 Å². The molecule has 3 nitrogen and oxygen atoms in total.